The summed E-state index contributed by atoms with van der Waals surface area (Å²) in [6.45, 7) is 2.14. The lowest BCUT2D eigenvalue weighted by atomic mass is 10.1. The molecule has 0 saturated heterocycles. The lowest BCUT2D eigenvalue weighted by Crippen LogP contribution is -2.29. The number of hydrogen-bond donors (Lipinski definition) is 3. The number of phosphoric acid groups is 1. The molecule has 294 valence electrons. The van der Waals surface area contributed by atoms with Crippen molar-refractivity contribution in [3.8, 4) is 0 Å². The maximum atomic E-state index is 12.6. The number of carbonyl (C=O) groups excluding carboxylic acids is 2. The first kappa shape index (κ1) is 48.7. The van der Waals surface area contributed by atoms with Crippen LogP contribution in [0.25, 0.3) is 0 Å². The average molecular weight is 741 g/mol. The number of rotatable bonds is 35. The molecule has 0 amide bonds. The second kappa shape index (κ2) is 36.0. The smallest absolute Gasteiger partial charge is 0.462 e. The van der Waals surface area contributed by atoms with Gasteiger partial charge in [-0.2, -0.15) is 0 Å². The molecule has 10 nitrogen and oxygen atoms in total. The monoisotopic (exact) mass is 740 g/mol. The zero-order valence-corrected chi connectivity index (χ0v) is 32.4. The Morgan fingerprint density at radius 1 is 0.608 bits per heavy atom. The first-order chi connectivity index (χ1) is 24.7. The van der Waals surface area contributed by atoms with Gasteiger partial charge < -0.3 is 24.6 Å². The van der Waals surface area contributed by atoms with Crippen molar-refractivity contribution < 1.29 is 47.8 Å². The van der Waals surface area contributed by atoms with Crippen LogP contribution in [-0.2, 0) is 32.7 Å². The minimum atomic E-state index is -4.62. The van der Waals surface area contributed by atoms with Crippen LogP contribution in [0, 0.1) is 0 Å². The lowest BCUT2D eigenvalue weighted by molar-refractivity contribution is -0.161. The number of allylic oxidation sites excluding steroid dienone is 10. The summed E-state index contributed by atoms with van der Waals surface area (Å²) in [7, 11) is -4.62. The van der Waals surface area contributed by atoms with Crippen LogP contribution in [0.5, 0.6) is 0 Å². The van der Waals surface area contributed by atoms with Gasteiger partial charge in [0.05, 0.1) is 19.8 Å². The van der Waals surface area contributed by atoms with Crippen molar-refractivity contribution in [2.45, 2.75) is 154 Å². The SMILES string of the molecule is CC/C=C\C/C=C\C/C=C\CCCCCCCC(=O)OC(COC(=O)CCCCCCC/C=C\C/C=C\CCC)COP(=O)(O)OCC(O)CO. The van der Waals surface area contributed by atoms with E-state index in [1.165, 1.54) is 6.42 Å². The quantitative estimate of drug-likeness (QED) is 0.0248. The Morgan fingerprint density at radius 2 is 1.08 bits per heavy atom. The van der Waals surface area contributed by atoms with Gasteiger partial charge in [0.1, 0.15) is 12.7 Å². The summed E-state index contributed by atoms with van der Waals surface area (Å²) in [4.78, 5) is 34.8. The Balaban J connectivity index is 4.43. The molecule has 0 aromatic carbocycles. The molecular weight excluding hydrogens is 671 g/mol. The lowest BCUT2D eigenvalue weighted by Gasteiger charge is -2.20. The highest BCUT2D eigenvalue weighted by Gasteiger charge is 2.27. The van der Waals surface area contributed by atoms with Crippen LogP contribution in [0.3, 0.4) is 0 Å². The molecule has 0 aliphatic heterocycles. The molecule has 3 N–H and O–H groups in total. The molecule has 0 aromatic heterocycles. The standard InChI is InChI=1S/C40H69O10P/c1-3-5-7-9-11-13-15-17-18-20-22-24-26-28-30-32-40(44)50-38(36-49-51(45,46)48-34-37(42)33-41)35-47-39(43)31-29-27-25-23-21-19-16-14-12-10-8-6-4-2/h5,7-8,10-11,13-14,16-18,37-38,41-42H,3-4,6,9,12,15,19-36H2,1-2H3,(H,45,46)/b7-5-,10-8-,13-11-,16-14-,18-17-. The second-order valence-electron chi connectivity index (χ2n) is 12.6. The molecule has 0 radical (unpaired) electrons. The summed E-state index contributed by atoms with van der Waals surface area (Å²) in [6, 6.07) is 0. The fraction of sp³-hybridized carbons (Fsp3) is 0.700. The van der Waals surface area contributed by atoms with Gasteiger partial charge in [-0.3, -0.25) is 18.6 Å². The fourth-order valence-corrected chi connectivity index (χ4v) is 5.48. The van der Waals surface area contributed by atoms with Crippen LogP contribution in [0.4, 0.5) is 0 Å². The Hall–Kier alpha value is -2.33. The maximum absolute atomic E-state index is 12.6. The minimum Gasteiger partial charge on any atom is -0.462 e. The highest BCUT2D eigenvalue weighted by Crippen LogP contribution is 2.43. The van der Waals surface area contributed by atoms with Gasteiger partial charge in [0.2, 0.25) is 0 Å². The van der Waals surface area contributed by atoms with Crippen LogP contribution in [0.15, 0.2) is 60.8 Å². The molecule has 0 aliphatic rings. The molecule has 3 atom stereocenters. The third kappa shape index (κ3) is 35.8. The molecule has 0 rings (SSSR count). The number of esters is 2. The second-order valence-corrected chi connectivity index (χ2v) is 14.0. The Kier molecular flexibility index (Phi) is 34.4. The van der Waals surface area contributed by atoms with Gasteiger partial charge in [-0.1, -0.05) is 120 Å². The van der Waals surface area contributed by atoms with Crippen molar-refractivity contribution in [2.75, 3.05) is 26.4 Å². The van der Waals surface area contributed by atoms with Crippen molar-refractivity contribution in [2.24, 2.45) is 0 Å². The van der Waals surface area contributed by atoms with Crippen LogP contribution in [0.2, 0.25) is 0 Å². The van der Waals surface area contributed by atoms with E-state index in [4.69, 9.17) is 19.1 Å². The van der Waals surface area contributed by atoms with E-state index < -0.39 is 51.8 Å². The van der Waals surface area contributed by atoms with E-state index in [1.807, 2.05) is 0 Å². The Bertz CT molecular complexity index is 1040. The molecule has 0 saturated carbocycles. The third-order valence-corrected chi connectivity index (χ3v) is 8.59. The highest BCUT2D eigenvalue weighted by molar-refractivity contribution is 7.47. The van der Waals surface area contributed by atoms with Crippen LogP contribution < -0.4 is 0 Å². The van der Waals surface area contributed by atoms with Gasteiger partial charge in [0, 0.05) is 12.8 Å². The number of aliphatic hydroxyl groups is 2. The number of carbonyl (C=O) groups is 2. The van der Waals surface area contributed by atoms with Crippen LogP contribution >= 0.6 is 7.82 Å². The van der Waals surface area contributed by atoms with E-state index in [0.717, 1.165) is 96.3 Å². The molecule has 0 bridgehead atoms. The molecular formula is C40H69O10P. The molecule has 0 aliphatic carbocycles. The van der Waals surface area contributed by atoms with E-state index in [1.54, 1.807) is 0 Å². The molecule has 0 heterocycles. The van der Waals surface area contributed by atoms with Crippen molar-refractivity contribution in [1.82, 2.24) is 0 Å². The first-order valence-electron chi connectivity index (χ1n) is 19.2. The predicted molar refractivity (Wildman–Crippen MR) is 205 cm³/mol. The summed E-state index contributed by atoms with van der Waals surface area (Å²) in [5.74, 6) is -0.969. The first-order valence-corrected chi connectivity index (χ1v) is 20.7. The van der Waals surface area contributed by atoms with E-state index in [-0.39, 0.29) is 19.4 Å². The summed E-state index contributed by atoms with van der Waals surface area (Å²) in [5.41, 5.74) is 0. The molecule has 51 heavy (non-hydrogen) atoms. The number of ether oxygens (including phenoxy) is 2. The van der Waals surface area contributed by atoms with Gasteiger partial charge in [-0.25, -0.2) is 4.57 Å². The summed E-state index contributed by atoms with van der Waals surface area (Å²) in [6.07, 6.45) is 37.6. The van der Waals surface area contributed by atoms with Crippen LogP contribution in [-0.4, -0.2) is 65.7 Å². The fourth-order valence-electron chi connectivity index (χ4n) is 4.69. The molecule has 0 aromatic rings. The number of aliphatic hydroxyl groups excluding tert-OH is 2. The predicted octanol–water partition coefficient (Wildman–Crippen LogP) is 9.55. The minimum absolute atomic E-state index is 0.159. The number of phosphoric ester groups is 1. The van der Waals surface area contributed by atoms with E-state index in [9.17, 15) is 24.2 Å². The molecule has 0 spiro atoms. The Labute approximate surface area is 308 Å². The zero-order valence-electron chi connectivity index (χ0n) is 31.5. The largest absolute Gasteiger partial charge is 0.472 e. The summed E-state index contributed by atoms with van der Waals surface area (Å²) < 4.78 is 32.6. The van der Waals surface area contributed by atoms with Gasteiger partial charge in [-0.05, 0) is 70.6 Å². The van der Waals surface area contributed by atoms with Gasteiger partial charge in [0.15, 0.2) is 6.10 Å². The van der Waals surface area contributed by atoms with E-state index >= 15 is 0 Å². The number of hydrogen-bond acceptors (Lipinski definition) is 9. The molecule has 11 heteroatoms. The van der Waals surface area contributed by atoms with Crippen LogP contribution in [0.1, 0.15) is 142 Å². The van der Waals surface area contributed by atoms with Crippen molar-refractivity contribution in [1.29, 1.82) is 0 Å². The van der Waals surface area contributed by atoms with Gasteiger partial charge in [-0.15, -0.1) is 0 Å². The van der Waals surface area contributed by atoms with Crippen molar-refractivity contribution in [3.05, 3.63) is 60.8 Å². The molecule has 0 fully saturated rings. The highest BCUT2D eigenvalue weighted by atomic mass is 31.2. The van der Waals surface area contributed by atoms with Crippen molar-refractivity contribution >= 4 is 19.8 Å². The average Bonchev–Trinajstić information content (AvgIpc) is 3.12. The molecule has 3 unspecified atom stereocenters. The normalized spacial score (nSPS) is 14.7. The summed E-state index contributed by atoms with van der Waals surface area (Å²) in [5, 5.41) is 18.3. The third-order valence-electron chi connectivity index (χ3n) is 7.64. The van der Waals surface area contributed by atoms with Gasteiger partial charge >= 0.3 is 19.8 Å². The van der Waals surface area contributed by atoms with Crippen molar-refractivity contribution in [3.63, 3.8) is 0 Å². The maximum Gasteiger partial charge on any atom is 0.472 e. The topological polar surface area (TPSA) is 149 Å². The summed E-state index contributed by atoms with van der Waals surface area (Å²) >= 11 is 0. The zero-order chi connectivity index (χ0) is 37.7. The van der Waals surface area contributed by atoms with E-state index in [0.29, 0.717) is 12.8 Å². The Morgan fingerprint density at radius 3 is 1.63 bits per heavy atom. The van der Waals surface area contributed by atoms with Gasteiger partial charge in [0.25, 0.3) is 0 Å². The van der Waals surface area contributed by atoms with E-state index in [2.05, 4.69) is 79.1 Å². The number of unbranched alkanes of at least 4 members (excludes halogenated alkanes) is 11.